The van der Waals surface area contributed by atoms with Gasteiger partial charge in [-0.3, -0.25) is 4.79 Å². The maximum absolute atomic E-state index is 11.3. The van der Waals surface area contributed by atoms with Gasteiger partial charge in [0, 0.05) is 6.04 Å². The maximum Gasteiger partial charge on any atom is 0.246 e. The molecule has 0 bridgehead atoms. The zero-order chi connectivity index (χ0) is 12.5. The molecule has 0 radical (unpaired) electrons. The van der Waals surface area contributed by atoms with Gasteiger partial charge in [-0.05, 0) is 32.2 Å². The number of hydrogen-bond donors (Lipinski definition) is 2. The Labute approximate surface area is 103 Å². The van der Waals surface area contributed by atoms with E-state index in [0.717, 1.165) is 32.2 Å². The first-order chi connectivity index (χ1) is 8.26. The van der Waals surface area contributed by atoms with Gasteiger partial charge in [0.2, 0.25) is 5.91 Å². The Bertz CT molecular complexity index is 265. The van der Waals surface area contributed by atoms with Gasteiger partial charge in [0.25, 0.3) is 0 Å². The molecule has 0 aromatic rings. The van der Waals surface area contributed by atoms with Crippen molar-refractivity contribution >= 4 is 5.91 Å². The first-order valence-corrected chi connectivity index (χ1v) is 6.31. The summed E-state index contributed by atoms with van der Waals surface area (Å²) in [6, 6.07) is 0.620. The molecule has 0 saturated heterocycles. The van der Waals surface area contributed by atoms with Crippen LogP contribution in [-0.4, -0.2) is 37.7 Å². The number of nitrogens with one attached hydrogen (secondary N) is 2. The van der Waals surface area contributed by atoms with Crippen LogP contribution in [0.5, 0.6) is 0 Å². The summed E-state index contributed by atoms with van der Waals surface area (Å²) in [7, 11) is 0. The molecular formula is C13H22N2O2. The van der Waals surface area contributed by atoms with Crippen LogP contribution in [0.1, 0.15) is 32.6 Å². The van der Waals surface area contributed by atoms with Gasteiger partial charge >= 0.3 is 0 Å². The summed E-state index contributed by atoms with van der Waals surface area (Å²) in [5.41, 5.74) is 0. The standard InChI is InChI=1S/C13H22N2O2/c1-3-9-15-13(16)10-17-12-7-5-11(6-8-12)14-4-2/h1,11-12,14H,4-10H2,2H3,(H,15,16). The molecule has 1 rings (SSSR count). The predicted octanol–water partition coefficient (Wildman–Crippen LogP) is 0.673. The zero-order valence-corrected chi connectivity index (χ0v) is 10.5. The number of rotatable bonds is 6. The normalized spacial score (nSPS) is 24.0. The predicted molar refractivity (Wildman–Crippen MR) is 67.5 cm³/mol. The van der Waals surface area contributed by atoms with E-state index in [0.29, 0.717) is 6.04 Å². The first kappa shape index (κ1) is 14.0. The third-order valence-electron chi connectivity index (χ3n) is 3.00. The molecule has 0 spiro atoms. The van der Waals surface area contributed by atoms with Crippen molar-refractivity contribution in [2.24, 2.45) is 0 Å². The fourth-order valence-corrected chi connectivity index (χ4v) is 2.12. The summed E-state index contributed by atoms with van der Waals surface area (Å²) in [5.74, 6) is 2.23. The van der Waals surface area contributed by atoms with Crippen LogP contribution in [0.4, 0.5) is 0 Å². The third kappa shape index (κ3) is 5.71. The smallest absolute Gasteiger partial charge is 0.246 e. The molecule has 0 aromatic carbocycles. The van der Waals surface area contributed by atoms with E-state index in [4.69, 9.17) is 11.2 Å². The van der Waals surface area contributed by atoms with E-state index in [1.54, 1.807) is 0 Å². The first-order valence-electron chi connectivity index (χ1n) is 6.31. The lowest BCUT2D eigenvalue weighted by atomic mass is 9.93. The van der Waals surface area contributed by atoms with Crippen molar-refractivity contribution < 1.29 is 9.53 Å². The summed E-state index contributed by atoms with van der Waals surface area (Å²) < 4.78 is 5.56. The average molecular weight is 238 g/mol. The zero-order valence-electron chi connectivity index (χ0n) is 10.5. The minimum Gasteiger partial charge on any atom is -0.368 e. The molecule has 2 N–H and O–H groups in total. The molecule has 1 aliphatic carbocycles. The largest absolute Gasteiger partial charge is 0.368 e. The Morgan fingerprint density at radius 3 is 2.71 bits per heavy atom. The highest BCUT2D eigenvalue weighted by Gasteiger charge is 2.21. The van der Waals surface area contributed by atoms with E-state index in [9.17, 15) is 4.79 Å². The van der Waals surface area contributed by atoms with E-state index >= 15 is 0 Å². The fourth-order valence-electron chi connectivity index (χ4n) is 2.12. The highest BCUT2D eigenvalue weighted by molar-refractivity contribution is 5.77. The summed E-state index contributed by atoms with van der Waals surface area (Å²) in [6.07, 6.45) is 9.59. The van der Waals surface area contributed by atoms with Gasteiger partial charge < -0.3 is 15.4 Å². The lowest BCUT2D eigenvalue weighted by Gasteiger charge is -2.28. The Balaban J connectivity index is 2.10. The van der Waals surface area contributed by atoms with Gasteiger partial charge in [-0.1, -0.05) is 12.8 Å². The summed E-state index contributed by atoms with van der Waals surface area (Å²) >= 11 is 0. The van der Waals surface area contributed by atoms with Gasteiger partial charge in [-0.15, -0.1) is 6.42 Å². The number of carbonyl (C=O) groups is 1. The van der Waals surface area contributed by atoms with Crippen molar-refractivity contribution in [2.75, 3.05) is 19.7 Å². The second-order valence-corrected chi connectivity index (χ2v) is 4.32. The molecule has 4 nitrogen and oxygen atoms in total. The highest BCUT2D eigenvalue weighted by atomic mass is 16.5. The molecule has 4 heteroatoms. The molecule has 0 atom stereocenters. The molecule has 0 aromatic heterocycles. The Morgan fingerprint density at radius 1 is 1.41 bits per heavy atom. The molecule has 0 aliphatic heterocycles. The number of amides is 1. The van der Waals surface area contributed by atoms with Crippen LogP contribution in [0, 0.1) is 12.3 Å². The Hall–Kier alpha value is -1.05. The molecule has 1 fully saturated rings. The van der Waals surface area contributed by atoms with E-state index in [2.05, 4.69) is 23.5 Å². The van der Waals surface area contributed by atoms with Crippen molar-refractivity contribution in [3.05, 3.63) is 0 Å². The number of hydrogen-bond acceptors (Lipinski definition) is 3. The Morgan fingerprint density at radius 2 is 2.12 bits per heavy atom. The van der Waals surface area contributed by atoms with Gasteiger partial charge in [0.1, 0.15) is 6.61 Å². The van der Waals surface area contributed by atoms with E-state index in [1.165, 1.54) is 0 Å². The van der Waals surface area contributed by atoms with Crippen LogP contribution >= 0.6 is 0 Å². The van der Waals surface area contributed by atoms with Crippen molar-refractivity contribution in [3.8, 4) is 12.3 Å². The van der Waals surface area contributed by atoms with Crippen molar-refractivity contribution in [3.63, 3.8) is 0 Å². The molecule has 1 amide bonds. The van der Waals surface area contributed by atoms with Crippen LogP contribution in [-0.2, 0) is 9.53 Å². The van der Waals surface area contributed by atoms with Gasteiger partial charge in [-0.2, -0.15) is 0 Å². The van der Waals surface area contributed by atoms with Crippen molar-refractivity contribution in [1.29, 1.82) is 0 Å². The fraction of sp³-hybridized carbons (Fsp3) is 0.769. The maximum atomic E-state index is 11.3. The average Bonchev–Trinajstić information content (AvgIpc) is 2.36. The second-order valence-electron chi connectivity index (χ2n) is 4.32. The molecule has 1 aliphatic rings. The van der Waals surface area contributed by atoms with Gasteiger partial charge in [0.15, 0.2) is 0 Å². The molecule has 17 heavy (non-hydrogen) atoms. The number of carbonyl (C=O) groups excluding carboxylic acids is 1. The third-order valence-corrected chi connectivity index (χ3v) is 3.00. The van der Waals surface area contributed by atoms with Crippen LogP contribution in [0.25, 0.3) is 0 Å². The summed E-state index contributed by atoms with van der Waals surface area (Å²) in [5, 5.41) is 6.03. The quantitative estimate of drug-likeness (QED) is 0.669. The van der Waals surface area contributed by atoms with E-state index in [1.807, 2.05) is 0 Å². The van der Waals surface area contributed by atoms with Crippen LogP contribution in [0.3, 0.4) is 0 Å². The van der Waals surface area contributed by atoms with Crippen molar-refractivity contribution in [1.82, 2.24) is 10.6 Å². The molecular weight excluding hydrogens is 216 g/mol. The minimum atomic E-state index is -0.128. The van der Waals surface area contributed by atoms with Crippen molar-refractivity contribution in [2.45, 2.75) is 44.8 Å². The highest BCUT2D eigenvalue weighted by Crippen LogP contribution is 2.20. The summed E-state index contributed by atoms with van der Waals surface area (Å²) in [4.78, 5) is 11.3. The SMILES string of the molecule is C#CCNC(=O)COC1CCC(NCC)CC1. The van der Waals surface area contributed by atoms with Crippen LogP contribution < -0.4 is 10.6 Å². The second kappa shape index (κ2) is 8.10. The lowest BCUT2D eigenvalue weighted by molar-refractivity contribution is -0.128. The molecule has 0 unspecified atom stereocenters. The molecule has 1 saturated carbocycles. The summed E-state index contributed by atoms with van der Waals surface area (Å²) in [6.45, 7) is 3.54. The Kier molecular flexibility index (Phi) is 6.68. The lowest BCUT2D eigenvalue weighted by Crippen LogP contribution is -2.36. The molecule has 96 valence electrons. The monoisotopic (exact) mass is 238 g/mol. The number of terminal acetylenes is 1. The molecule has 0 heterocycles. The number of ether oxygens (including phenoxy) is 1. The van der Waals surface area contributed by atoms with Crippen LogP contribution in [0.15, 0.2) is 0 Å². The van der Waals surface area contributed by atoms with Crippen LogP contribution in [0.2, 0.25) is 0 Å². The van der Waals surface area contributed by atoms with E-state index in [-0.39, 0.29) is 25.2 Å². The topological polar surface area (TPSA) is 50.4 Å². The van der Waals surface area contributed by atoms with Gasteiger partial charge in [-0.25, -0.2) is 0 Å². The minimum absolute atomic E-state index is 0.123. The van der Waals surface area contributed by atoms with Gasteiger partial charge in [0.05, 0.1) is 12.6 Å². The van der Waals surface area contributed by atoms with E-state index < -0.39 is 0 Å².